The molecule has 1 aromatic heterocycles. The molecule has 0 unspecified atom stereocenters. The Bertz CT molecular complexity index is 529. The van der Waals surface area contributed by atoms with Gasteiger partial charge in [-0.05, 0) is 18.8 Å². The third kappa shape index (κ3) is 3.31. The van der Waals surface area contributed by atoms with E-state index < -0.39 is 0 Å². The number of likely N-dealkylation sites (N-methyl/N-ethyl adjacent to an activating group) is 1. The van der Waals surface area contributed by atoms with Crippen LogP contribution in [0.15, 0.2) is 12.4 Å². The van der Waals surface area contributed by atoms with E-state index in [2.05, 4.69) is 21.9 Å². The third-order valence-corrected chi connectivity index (χ3v) is 4.82. The fourth-order valence-corrected chi connectivity index (χ4v) is 3.35. The van der Waals surface area contributed by atoms with Gasteiger partial charge in [0.25, 0.3) is 0 Å². The predicted octanol–water partition coefficient (Wildman–Crippen LogP) is 1.38. The number of amides is 1. The molecule has 0 N–H and O–H groups in total. The number of carbonyl (C=O) groups excluding carboxylic acids is 1. The SMILES string of the molecule is CN1CCN(c2cc(N(C)CC3CCCC3)ncn2)CC1=O. The lowest BCUT2D eigenvalue weighted by Gasteiger charge is -2.33. The molecule has 2 aliphatic rings. The molecular formula is C16H25N5O. The van der Waals surface area contributed by atoms with E-state index in [1.807, 2.05) is 18.0 Å². The van der Waals surface area contributed by atoms with Gasteiger partial charge < -0.3 is 14.7 Å². The highest BCUT2D eigenvalue weighted by molar-refractivity contribution is 5.82. The van der Waals surface area contributed by atoms with Crippen LogP contribution in [-0.2, 0) is 4.79 Å². The quantitative estimate of drug-likeness (QED) is 0.841. The lowest BCUT2D eigenvalue weighted by molar-refractivity contribution is -0.129. The van der Waals surface area contributed by atoms with Gasteiger partial charge in [-0.25, -0.2) is 9.97 Å². The predicted molar refractivity (Wildman–Crippen MR) is 87.1 cm³/mol. The highest BCUT2D eigenvalue weighted by Crippen LogP contribution is 2.27. The fraction of sp³-hybridized carbons (Fsp3) is 0.688. The maximum atomic E-state index is 11.9. The maximum Gasteiger partial charge on any atom is 0.241 e. The van der Waals surface area contributed by atoms with E-state index in [1.165, 1.54) is 25.7 Å². The first-order chi connectivity index (χ1) is 10.6. The van der Waals surface area contributed by atoms with Crippen LogP contribution in [0.5, 0.6) is 0 Å². The number of nitrogens with zero attached hydrogens (tertiary/aromatic N) is 5. The molecule has 6 heteroatoms. The summed E-state index contributed by atoms with van der Waals surface area (Å²) in [6.45, 7) is 3.03. The molecule has 1 aliphatic carbocycles. The van der Waals surface area contributed by atoms with Crippen molar-refractivity contribution in [1.82, 2.24) is 14.9 Å². The molecule has 120 valence electrons. The Morgan fingerprint density at radius 2 is 2.05 bits per heavy atom. The van der Waals surface area contributed by atoms with Crippen LogP contribution in [0.2, 0.25) is 0 Å². The average Bonchev–Trinajstić information content (AvgIpc) is 3.03. The van der Waals surface area contributed by atoms with Crippen molar-refractivity contribution in [2.75, 3.05) is 50.1 Å². The number of anilines is 2. The van der Waals surface area contributed by atoms with Gasteiger partial charge in [-0.1, -0.05) is 12.8 Å². The summed E-state index contributed by atoms with van der Waals surface area (Å²) in [7, 11) is 3.94. The summed E-state index contributed by atoms with van der Waals surface area (Å²) in [5.41, 5.74) is 0. The molecule has 22 heavy (non-hydrogen) atoms. The molecule has 1 aliphatic heterocycles. The van der Waals surface area contributed by atoms with Crippen LogP contribution >= 0.6 is 0 Å². The van der Waals surface area contributed by atoms with Gasteiger partial charge in [0.05, 0.1) is 6.54 Å². The van der Waals surface area contributed by atoms with Crippen molar-refractivity contribution in [3.8, 4) is 0 Å². The average molecular weight is 303 g/mol. The van der Waals surface area contributed by atoms with E-state index in [-0.39, 0.29) is 5.91 Å². The Kier molecular flexibility index (Phi) is 4.45. The Morgan fingerprint density at radius 3 is 2.77 bits per heavy atom. The molecule has 0 aromatic carbocycles. The molecule has 1 saturated heterocycles. The standard InChI is InChI=1S/C16H25N5O/c1-19-7-8-21(11-16(19)22)15-9-14(17-12-18-15)20(2)10-13-5-3-4-6-13/h9,12-13H,3-8,10-11H2,1-2H3. The maximum absolute atomic E-state index is 11.9. The Balaban J connectivity index is 1.67. The second kappa shape index (κ2) is 6.50. The lowest BCUT2D eigenvalue weighted by atomic mass is 10.1. The van der Waals surface area contributed by atoms with Gasteiger partial charge in [0.15, 0.2) is 0 Å². The molecular weight excluding hydrogens is 278 g/mol. The number of carbonyl (C=O) groups is 1. The van der Waals surface area contributed by atoms with Gasteiger partial charge >= 0.3 is 0 Å². The van der Waals surface area contributed by atoms with Crippen LogP contribution in [-0.4, -0.2) is 61.0 Å². The van der Waals surface area contributed by atoms with E-state index in [9.17, 15) is 4.79 Å². The minimum atomic E-state index is 0.144. The van der Waals surface area contributed by atoms with Crippen LogP contribution < -0.4 is 9.80 Å². The zero-order valence-electron chi connectivity index (χ0n) is 13.5. The molecule has 1 amide bonds. The molecule has 0 bridgehead atoms. The molecule has 3 rings (SSSR count). The van der Waals surface area contributed by atoms with Crippen LogP contribution in [0.4, 0.5) is 11.6 Å². The summed E-state index contributed by atoms with van der Waals surface area (Å²) in [6.07, 6.45) is 6.98. The first kappa shape index (κ1) is 15.1. The van der Waals surface area contributed by atoms with E-state index in [0.717, 1.165) is 37.2 Å². The fourth-order valence-electron chi connectivity index (χ4n) is 3.35. The van der Waals surface area contributed by atoms with E-state index in [1.54, 1.807) is 11.2 Å². The summed E-state index contributed by atoms with van der Waals surface area (Å²) >= 11 is 0. The molecule has 1 saturated carbocycles. The number of rotatable bonds is 4. The van der Waals surface area contributed by atoms with Crippen LogP contribution in [0.1, 0.15) is 25.7 Å². The van der Waals surface area contributed by atoms with Crippen molar-refractivity contribution >= 4 is 17.5 Å². The van der Waals surface area contributed by atoms with Crippen molar-refractivity contribution in [1.29, 1.82) is 0 Å². The highest BCUT2D eigenvalue weighted by Gasteiger charge is 2.23. The van der Waals surface area contributed by atoms with Crippen molar-refractivity contribution in [3.63, 3.8) is 0 Å². The van der Waals surface area contributed by atoms with Gasteiger partial charge in [0, 0.05) is 39.8 Å². The highest BCUT2D eigenvalue weighted by atomic mass is 16.2. The van der Waals surface area contributed by atoms with Gasteiger partial charge in [-0.2, -0.15) is 0 Å². The normalized spacial score (nSPS) is 19.8. The number of hydrogen-bond donors (Lipinski definition) is 0. The summed E-state index contributed by atoms with van der Waals surface area (Å²) in [5.74, 6) is 2.73. The first-order valence-electron chi connectivity index (χ1n) is 8.15. The van der Waals surface area contributed by atoms with Gasteiger partial charge in [-0.3, -0.25) is 4.79 Å². The second-order valence-corrected chi connectivity index (χ2v) is 6.50. The van der Waals surface area contributed by atoms with E-state index >= 15 is 0 Å². The van der Waals surface area contributed by atoms with Crippen molar-refractivity contribution < 1.29 is 4.79 Å². The number of hydrogen-bond acceptors (Lipinski definition) is 5. The molecule has 6 nitrogen and oxygen atoms in total. The van der Waals surface area contributed by atoms with Gasteiger partial charge in [-0.15, -0.1) is 0 Å². The zero-order chi connectivity index (χ0) is 15.5. The van der Waals surface area contributed by atoms with E-state index in [0.29, 0.717) is 6.54 Å². The molecule has 0 radical (unpaired) electrons. The monoisotopic (exact) mass is 303 g/mol. The largest absolute Gasteiger partial charge is 0.359 e. The van der Waals surface area contributed by atoms with Crippen LogP contribution in [0.3, 0.4) is 0 Å². The van der Waals surface area contributed by atoms with Crippen molar-refractivity contribution in [2.45, 2.75) is 25.7 Å². The second-order valence-electron chi connectivity index (χ2n) is 6.50. The zero-order valence-corrected chi connectivity index (χ0v) is 13.5. The molecule has 2 heterocycles. The van der Waals surface area contributed by atoms with Crippen LogP contribution in [0, 0.1) is 5.92 Å². The first-order valence-corrected chi connectivity index (χ1v) is 8.15. The smallest absolute Gasteiger partial charge is 0.241 e. The summed E-state index contributed by atoms with van der Waals surface area (Å²) in [5, 5.41) is 0. The van der Waals surface area contributed by atoms with E-state index in [4.69, 9.17) is 0 Å². The summed E-state index contributed by atoms with van der Waals surface area (Å²) < 4.78 is 0. The van der Waals surface area contributed by atoms with Crippen molar-refractivity contribution in [3.05, 3.63) is 12.4 Å². The Morgan fingerprint density at radius 1 is 1.27 bits per heavy atom. The topological polar surface area (TPSA) is 52.6 Å². The third-order valence-electron chi connectivity index (χ3n) is 4.82. The summed E-state index contributed by atoms with van der Waals surface area (Å²) in [4.78, 5) is 26.6. The molecule has 2 fully saturated rings. The minimum absolute atomic E-state index is 0.144. The molecule has 0 atom stereocenters. The van der Waals surface area contributed by atoms with Gasteiger partial charge in [0.2, 0.25) is 5.91 Å². The van der Waals surface area contributed by atoms with Crippen molar-refractivity contribution in [2.24, 2.45) is 5.92 Å². The number of aromatic nitrogens is 2. The molecule has 1 aromatic rings. The Labute approximate surface area is 132 Å². The number of piperazine rings is 1. The van der Waals surface area contributed by atoms with Crippen LogP contribution in [0.25, 0.3) is 0 Å². The van der Waals surface area contributed by atoms with Gasteiger partial charge in [0.1, 0.15) is 18.0 Å². The minimum Gasteiger partial charge on any atom is -0.359 e. The summed E-state index contributed by atoms with van der Waals surface area (Å²) in [6, 6.07) is 2.01. The molecule has 0 spiro atoms. The Hall–Kier alpha value is -1.85. The lowest BCUT2D eigenvalue weighted by Crippen LogP contribution is -2.48.